The molecular weight excluding hydrogens is 460 g/mol. The third-order valence-corrected chi connectivity index (χ3v) is 6.47. The fourth-order valence-electron chi connectivity index (χ4n) is 2.82. The van der Waals surface area contributed by atoms with Gasteiger partial charge in [-0.15, -0.1) is 0 Å². The van der Waals surface area contributed by atoms with Crippen molar-refractivity contribution in [3.05, 3.63) is 67.1 Å². The second-order valence-electron chi connectivity index (χ2n) is 7.16. The van der Waals surface area contributed by atoms with E-state index in [1.807, 2.05) is 30.3 Å². The molecule has 2 amide bonds. The number of amides is 2. The van der Waals surface area contributed by atoms with Gasteiger partial charge in [-0.2, -0.15) is 0 Å². The first-order chi connectivity index (χ1) is 13.6. The largest absolute Gasteiger partial charge is 0.338 e. The van der Waals surface area contributed by atoms with Crippen LogP contribution in [0.4, 0.5) is 0 Å². The van der Waals surface area contributed by atoms with Gasteiger partial charge in [0.2, 0.25) is 0 Å². The van der Waals surface area contributed by atoms with Gasteiger partial charge in [0.25, 0.3) is 11.8 Å². The van der Waals surface area contributed by atoms with Crippen LogP contribution < -0.4 is 0 Å². The quantitative estimate of drug-likeness (QED) is 0.302. The van der Waals surface area contributed by atoms with Crippen molar-refractivity contribution in [2.45, 2.75) is 26.7 Å². The van der Waals surface area contributed by atoms with Crippen molar-refractivity contribution in [2.75, 3.05) is 0 Å². The van der Waals surface area contributed by atoms with Gasteiger partial charge in [-0.1, -0.05) is 81.8 Å². The number of halogens is 4. The van der Waals surface area contributed by atoms with E-state index in [1.54, 1.807) is 13.8 Å². The maximum atomic E-state index is 12.7. The lowest BCUT2D eigenvalue weighted by atomic mass is 9.86. The van der Waals surface area contributed by atoms with Crippen molar-refractivity contribution >= 4 is 64.2 Å². The molecule has 152 valence electrons. The summed E-state index contributed by atoms with van der Waals surface area (Å²) in [7, 11) is 0. The molecule has 0 radical (unpaired) electrons. The van der Waals surface area contributed by atoms with Gasteiger partial charge in [-0.3, -0.25) is 9.59 Å². The number of hydrogen-bond acceptors (Lipinski definition) is 4. The molecule has 1 aliphatic heterocycles. The van der Waals surface area contributed by atoms with E-state index in [1.165, 1.54) is 0 Å². The first kappa shape index (κ1) is 21.9. The number of carbonyl (C=O) groups excluding carboxylic acids is 3. The molecular formula is C20H15Cl4NO4. The van der Waals surface area contributed by atoms with E-state index in [4.69, 9.17) is 51.2 Å². The van der Waals surface area contributed by atoms with Crippen LogP contribution in [0.2, 0.25) is 20.1 Å². The third kappa shape index (κ3) is 3.97. The minimum Gasteiger partial charge on any atom is -0.329 e. The van der Waals surface area contributed by atoms with Crippen LogP contribution >= 0.6 is 46.4 Å². The second kappa shape index (κ2) is 8.15. The maximum Gasteiger partial charge on any atom is 0.338 e. The Kier molecular flexibility index (Phi) is 6.16. The van der Waals surface area contributed by atoms with E-state index in [-0.39, 0.29) is 31.2 Å². The first-order valence-corrected chi connectivity index (χ1v) is 10.1. The molecule has 9 heteroatoms. The Morgan fingerprint density at radius 3 is 1.86 bits per heavy atom. The molecule has 0 bridgehead atoms. The Morgan fingerprint density at radius 1 is 0.897 bits per heavy atom. The predicted octanol–water partition coefficient (Wildman–Crippen LogP) is 6.01. The highest BCUT2D eigenvalue weighted by Crippen LogP contribution is 2.45. The van der Waals surface area contributed by atoms with Crippen LogP contribution in [0.5, 0.6) is 0 Å². The highest BCUT2D eigenvalue weighted by atomic mass is 35.5. The van der Waals surface area contributed by atoms with Crippen LogP contribution in [0.1, 0.15) is 46.5 Å². The zero-order chi connectivity index (χ0) is 21.5. The van der Waals surface area contributed by atoms with Crippen LogP contribution in [-0.4, -0.2) is 22.8 Å². The SMILES string of the molecule is CC(C)(CCc1ccccc1)C(=O)ON1C(=O)c2c(Cl)c(Cl)c(Cl)c(Cl)c2C1=O. The number of benzene rings is 2. The molecule has 3 rings (SSSR count). The standard InChI is InChI=1S/C20H15Cl4NO4/c1-20(2,9-8-10-6-4-3-5-7-10)19(28)29-25-17(26)11-12(18(25)27)14(22)16(24)15(23)13(11)21/h3-7H,8-9H2,1-2H3. The highest BCUT2D eigenvalue weighted by molar-refractivity contribution is 6.55. The summed E-state index contributed by atoms with van der Waals surface area (Å²) in [4.78, 5) is 43.2. The Morgan fingerprint density at radius 2 is 1.38 bits per heavy atom. The summed E-state index contributed by atoms with van der Waals surface area (Å²) in [5.74, 6) is -2.60. The summed E-state index contributed by atoms with van der Waals surface area (Å²) >= 11 is 24.1. The van der Waals surface area contributed by atoms with E-state index in [2.05, 4.69) is 0 Å². The minimum atomic E-state index is -0.964. The normalized spacial score (nSPS) is 13.7. The number of carbonyl (C=O) groups is 3. The van der Waals surface area contributed by atoms with Crippen LogP contribution in [0, 0.1) is 5.41 Å². The lowest BCUT2D eigenvalue weighted by Gasteiger charge is -2.24. The van der Waals surface area contributed by atoms with Gasteiger partial charge < -0.3 is 4.84 Å². The summed E-state index contributed by atoms with van der Waals surface area (Å²) in [5, 5.41) is -0.418. The topological polar surface area (TPSA) is 63.7 Å². The predicted molar refractivity (Wildman–Crippen MR) is 112 cm³/mol. The van der Waals surface area contributed by atoms with Crippen molar-refractivity contribution in [3.8, 4) is 0 Å². The van der Waals surface area contributed by atoms with Crippen LogP contribution in [0.3, 0.4) is 0 Å². The number of hydroxylamine groups is 2. The van der Waals surface area contributed by atoms with Gasteiger partial charge in [0, 0.05) is 0 Å². The van der Waals surface area contributed by atoms with E-state index in [0.29, 0.717) is 17.9 Å². The van der Waals surface area contributed by atoms with E-state index in [0.717, 1.165) is 5.56 Å². The molecule has 2 aromatic rings. The minimum absolute atomic E-state index is 0.158. The summed E-state index contributed by atoms with van der Waals surface area (Å²) < 4.78 is 0. The van der Waals surface area contributed by atoms with Crippen molar-refractivity contribution in [2.24, 2.45) is 5.41 Å². The fraction of sp³-hybridized carbons (Fsp3) is 0.250. The smallest absolute Gasteiger partial charge is 0.329 e. The van der Waals surface area contributed by atoms with Gasteiger partial charge in [-0.25, -0.2) is 4.79 Å². The maximum absolute atomic E-state index is 12.7. The number of aryl methyl sites for hydroxylation is 1. The Bertz CT molecular complexity index is 974. The highest BCUT2D eigenvalue weighted by Gasteiger charge is 2.45. The van der Waals surface area contributed by atoms with Gasteiger partial charge in [0.05, 0.1) is 36.6 Å². The molecule has 0 unspecified atom stereocenters. The summed E-state index contributed by atoms with van der Waals surface area (Å²) in [6, 6.07) is 9.61. The molecule has 0 spiro atoms. The monoisotopic (exact) mass is 473 g/mol. The number of nitrogens with zero attached hydrogens (tertiary/aromatic N) is 1. The second-order valence-corrected chi connectivity index (χ2v) is 8.67. The summed E-state index contributed by atoms with van der Waals surface area (Å²) in [6.07, 6.45) is 1.06. The Labute approximate surface area is 187 Å². The van der Waals surface area contributed by atoms with E-state index >= 15 is 0 Å². The van der Waals surface area contributed by atoms with Gasteiger partial charge in [0.1, 0.15) is 0 Å². The average molecular weight is 475 g/mol. The Balaban J connectivity index is 1.80. The van der Waals surface area contributed by atoms with Crippen LogP contribution in [0.15, 0.2) is 30.3 Å². The van der Waals surface area contributed by atoms with Gasteiger partial charge >= 0.3 is 5.97 Å². The number of imide groups is 1. The lowest BCUT2D eigenvalue weighted by Crippen LogP contribution is -2.38. The first-order valence-electron chi connectivity index (χ1n) is 8.57. The fourth-order valence-corrected chi connectivity index (χ4v) is 3.84. The Hall–Kier alpha value is -1.79. The molecule has 2 aromatic carbocycles. The molecule has 0 N–H and O–H groups in total. The lowest BCUT2D eigenvalue weighted by molar-refractivity contribution is -0.179. The van der Waals surface area contributed by atoms with E-state index < -0.39 is 23.2 Å². The zero-order valence-electron chi connectivity index (χ0n) is 15.4. The average Bonchev–Trinajstić information content (AvgIpc) is 2.94. The van der Waals surface area contributed by atoms with E-state index in [9.17, 15) is 14.4 Å². The molecule has 0 saturated heterocycles. The number of rotatable bonds is 5. The van der Waals surface area contributed by atoms with Crippen LogP contribution in [0.25, 0.3) is 0 Å². The molecule has 5 nitrogen and oxygen atoms in total. The van der Waals surface area contributed by atoms with Gasteiger partial charge in [0.15, 0.2) is 0 Å². The summed E-state index contributed by atoms with van der Waals surface area (Å²) in [5.41, 5.74) is -0.400. The zero-order valence-corrected chi connectivity index (χ0v) is 18.4. The van der Waals surface area contributed by atoms with Crippen molar-refractivity contribution in [1.82, 2.24) is 5.06 Å². The molecule has 0 fully saturated rings. The molecule has 0 aromatic heterocycles. The van der Waals surface area contributed by atoms with Crippen molar-refractivity contribution < 1.29 is 19.2 Å². The molecule has 0 atom stereocenters. The molecule has 29 heavy (non-hydrogen) atoms. The van der Waals surface area contributed by atoms with Crippen molar-refractivity contribution in [1.29, 1.82) is 0 Å². The third-order valence-electron chi connectivity index (χ3n) is 4.67. The molecule has 0 aliphatic carbocycles. The van der Waals surface area contributed by atoms with Crippen molar-refractivity contribution in [3.63, 3.8) is 0 Å². The van der Waals surface area contributed by atoms with Gasteiger partial charge in [-0.05, 0) is 32.3 Å². The number of hydrogen-bond donors (Lipinski definition) is 0. The number of fused-ring (bicyclic) bond motifs is 1. The molecule has 1 aliphatic rings. The molecule has 0 saturated carbocycles. The molecule has 1 heterocycles. The van der Waals surface area contributed by atoms with Crippen LogP contribution in [-0.2, 0) is 16.1 Å². The summed E-state index contributed by atoms with van der Waals surface area (Å²) in [6.45, 7) is 3.34.